The van der Waals surface area contributed by atoms with Gasteiger partial charge in [-0.05, 0) is 18.2 Å². The Morgan fingerprint density at radius 1 is 1.38 bits per heavy atom. The first-order chi connectivity index (χ1) is 10.2. The second kappa shape index (κ2) is 4.20. The van der Waals surface area contributed by atoms with Crippen molar-refractivity contribution >= 4 is 22.6 Å². The summed E-state index contributed by atoms with van der Waals surface area (Å²) >= 11 is 0. The molecule has 0 aliphatic carbocycles. The van der Waals surface area contributed by atoms with Gasteiger partial charge < -0.3 is 14.7 Å². The van der Waals surface area contributed by atoms with Crippen LogP contribution in [0, 0.1) is 6.08 Å². The number of rotatable bonds is 2. The molecule has 1 radical (unpaired) electrons. The highest BCUT2D eigenvalue weighted by atomic mass is 16.3. The smallest absolute Gasteiger partial charge is 0.264 e. The van der Waals surface area contributed by atoms with Gasteiger partial charge in [0.2, 0.25) is 0 Å². The first-order valence-electron chi connectivity index (χ1n) is 6.30. The Morgan fingerprint density at radius 2 is 2.29 bits per heavy atom. The Kier molecular flexibility index (Phi) is 2.34. The fraction of sp³-hybridized carbons (Fsp3) is 0.0714. The monoisotopic (exact) mass is 280 g/mol. The van der Waals surface area contributed by atoms with Crippen LogP contribution in [0.2, 0.25) is 0 Å². The number of aliphatic hydroxyl groups is 1. The number of fused-ring (bicyclic) bond motifs is 1. The summed E-state index contributed by atoms with van der Waals surface area (Å²) in [6, 6.07) is 5.42. The highest BCUT2D eigenvalue weighted by Crippen LogP contribution is 2.33. The molecule has 0 spiro atoms. The van der Waals surface area contributed by atoms with Gasteiger partial charge in [0.1, 0.15) is 5.76 Å². The van der Waals surface area contributed by atoms with E-state index in [1.165, 1.54) is 4.90 Å². The normalized spacial score (nSPS) is 18.5. The van der Waals surface area contributed by atoms with Crippen molar-refractivity contribution in [3.8, 4) is 0 Å². The average Bonchev–Trinajstić information content (AvgIpc) is 3.17. The maximum atomic E-state index is 12.1. The largest absolute Gasteiger partial charge is 0.507 e. The molecule has 1 atom stereocenters. The maximum absolute atomic E-state index is 12.1. The number of anilines is 1. The summed E-state index contributed by atoms with van der Waals surface area (Å²) in [6.45, 7) is 0. The van der Waals surface area contributed by atoms with Crippen molar-refractivity contribution in [2.45, 2.75) is 6.17 Å². The van der Waals surface area contributed by atoms with Crippen LogP contribution >= 0.6 is 0 Å². The minimum Gasteiger partial charge on any atom is -0.507 e. The van der Waals surface area contributed by atoms with E-state index in [0.29, 0.717) is 5.69 Å². The van der Waals surface area contributed by atoms with Crippen molar-refractivity contribution in [2.24, 2.45) is 0 Å². The minimum absolute atomic E-state index is 0.139. The summed E-state index contributed by atoms with van der Waals surface area (Å²) < 4.78 is 1.64. The molecule has 103 valence electrons. The van der Waals surface area contributed by atoms with Gasteiger partial charge in [0, 0.05) is 18.1 Å². The summed E-state index contributed by atoms with van der Waals surface area (Å²) in [5.74, 6) is -0.541. The number of hydrogen-bond acceptors (Lipinski definition) is 4. The van der Waals surface area contributed by atoms with Crippen molar-refractivity contribution in [1.82, 2.24) is 19.5 Å². The molecule has 3 heterocycles. The molecular formula is C14H10N5O2. The topological polar surface area (TPSA) is 87.0 Å². The summed E-state index contributed by atoms with van der Waals surface area (Å²) in [7, 11) is 0. The molecule has 0 saturated heterocycles. The van der Waals surface area contributed by atoms with Gasteiger partial charge in [-0.15, -0.1) is 0 Å². The van der Waals surface area contributed by atoms with Gasteiger partial charge in [-0.2, -0.15) is 0 Å². The third kappa shape index (κ3) is 1.71. The highest BCUT2D eigenvalue weighted by molar-refractivity contribution is 6.03. The number of imidazole rings is 2. The summed E-state index contributed by atoms with van der Waals surface area (Å²) in [5.41, 5.74) is 2.26. The molecule has 2 aromatic heterocycles. The Morgan fingerprint density at radius 3 is 3.10 bits per heavy atom. The zero-order valence-corrected chi connectivity index (χ0v) is 10.8. The Balaban J connectivity index is 1.83. The molecule has 4 rings (SSSR count). The number of H-pyrrole nitrogens is 1. The van der Waals surface area contributed by atoms with E-state index in [4.69, 9.17) is 0 Å². The van der Waals surface area contributed by atoms with E-state index in [-0.39, 0.29) is 5.76 Å². The zero-order valence-electron chi connectivity index (χ0n) is 10.8. The van der Waals surface area contributed by atoms with Crippen LogP contribution in [0.3, 0.4) is 0 Å². The number of carbonyl (C=O) groups excluding carboxylic acids is 1. The summed E-state index contributed by atoms with van der Waals surface area (Å²) in [4.78, 5) is 24.7. The number of aromatic nitrogens is 4. The van der Waals surface area contributed by atoms with E-state index in [0.717, 1.165) is 11.0 Å². The van der Waals surface area contributed by atoms with Crippen LogP contribution in [-0.2, 0) is 4.79 Å². The molecular weight excluding hydrogens is 270 g/mol. The molecule has 3 aromatic rings. The molecule has 7 heteroatoms. The van der Waals surface area contributed by atoms with Gasteiger partial charge >= 0.3 is 0 Å². The number of benzene rings is 1. The highest BCUT2D eigenvalue weighted by Gasteiger charge is 2.36. The van der Waals surface area contributed by atoms with Crippen molar-refractivity contribution in [3.63, 3.8) is 0 Å². The Labute approximate surface area is 119 Å². The van der Waals surface area contributed by atoms with Gasteiger partial charge in [-0.3, -0.25) is 9.69 Å². The van der Waals surface area contributed by atoms with Gasteiger partial charge in [0.25, 0.3) is 5.91 Å². The molecule has 0 saturated carbocycles. The second-order valence-electron chi connectivity index (χ2n) is 4.67. The van der Waals surface area contributed by atoms with Gasteiger partial charge in [0.05, 0.1) is 29.8 Å². The number of nitrogens with one attached hydrogen (secondary N) is 1. The SMILES string of the molecule is O=C1[C]=C(O)C(n2ccnc2)N1c1ccc2[nH]cnc2c1. The predicted octanol–water partition coefficient (Wildman–Crippen LogP) is 1.55. The first-order valence-corrected chi connectivity index (χ1v) is 6.30. The Bertz CT molecular complexity index is 849. The van der Waals surface area contributed by atoms with Gasteiger partial charge in [0.15, 0.2) is 6.17 Å². The van der Waals surface area contributed by atoms with E-state index >= 15 is 0 Å². The zero-order chi connectivity index (χ0) is 14.4. The quantitative estimate of drug-likeness (QED) is 0.745. The molecule has 1 aliphatic heterocycles. The first kappa shape index (κ1) is 11.7. The Hall–Kier alpha value is -3.09. The van der Waals surface area contributed by atoms with Crippen LogP contribution in [0.15, 0.2) is 49.0 Å². The van der Waals surface area contributed by atoms with E-state index in [1.54, 1.807) is 41.7 Å². The number of aliphatic hydroxyl groups excluding tert-OH is 1. The number of amides is 1. The number of hydrogen-bond donors (Lipinski definition) is 2. The molecule has 7 nitrogen and oxygen atoms in total. The molecule has 2 N–H and O–H groups in total. The molecule has 21 heavy (non-hydrogen) atoms. The van der Waals surface area contributed by atoms with Gasteiger partial charge in [-0.25, -0.2) is 9.97 Å². The molecule has 0 fully saturated rings. The molecule has 1 unspecified atom stereocenters. The standard InChI is InChI=1S/C14H10N5O2/c20-12-6-13(21)19(14(12)18-4-3-15-8-18)9-1-2-10-11(5-9)17-7-16-10/h1-5,7-8,14,20H,(H,16,17). The van der Waals surface area contributed by atoms with Crippen LogP contribution in [0.25, 0.3) is 11.0 Å². The number of nitrogens with zero attached hydrogens (tertiary/aromatic N) is 4. The average molecular weight is 280 g/mol. The lowest BCUT2D eigenvalue weighted by atomic mass is 10.2. The van der Waals surface area contributed by atoms with Crippen molar-refractivity contribution in [3.05, 3.63) is 55.1 Å². The van der Waals surface area contributed by atoms with E-state index in [2.05, 4.69) is 21.0 Å². The number of carbonyl (C=O) groups is 1. The van der Waals surface area contributed by atoms with E-state index in [1.807, 2.05) is 6.07 Å². The van der Waals surface area contributed by atoms with Crippen molar-refractivity contribution < 1.29 is 9.90 Å². The summed E-state index contributed by atoms with van der Waals surface area (Å²) in [5, 5.41) is 10.0. The molecule has 1 amide bonds. The van der Waals surface area contributed by atoms with Crippen LogP contribution < -0.4 is 4.90 Å². The third-order valence-corrected chi connectivity index (χ3v) is 3.43. The van der Waals surface area contributed by atoms with Gasteiger partial charge in [-0.1, -0.05) is 0 Å². The van der Waals surface area contributed by atoms with E-state index < -0.39 is 12.1 Å². The molecule has 0 bridgehead atoms. The van der Waals surface area contributed by atoms with Crippen LogP contribution in [0.5, 0.6) is 0 Å². The van der Waals surface area contributed by atoms with Crippen molar-refractivity contribution in [2.75, 3.05) is 4.90 Å². The number of aromatic amines is 1. The fourth-order valence-corrected chi connectivity index (χ4v) is 2.48. The lowest BCUT2D eigenvalue weighted by Crippen LogP contribution is -2.32. The van der Waals surface area contributed by atoms with Crippen LogP contribution in [-0.4, -0.2) is 30.5 Å². The minimum atomic E-state index is -0.670. The van der Waals surface area contributed by atoms with E-state index in [9.17, 15) is 9.90 Å². The predicted molar refractivity (Wildman–Crippen MR) is 74.2 cm³/mol. The second-order valence-corrected chi connectivity index (χ2v) is 4.67. The fourth-order valence-electron chi connectivity index (χ4n) is 2.48. The summed E-state index contributed by atoms with van der Waals surface area (Å²) in [6.07, 6.45) is 8.16. The maximum Gasteiger partial charge on any atom is 0.264 e. The van der Waals surface area contributed by atoms with Crippen molar-refractivity contribution in [1.29, 1.82) is 0 Å². The van der Waals surface area contributed by atoms with Crippen LogP contribution in [0.1, 0.15) is 6.17 Å². The molecule has 1 aromatic carbocycles. The lowest BCUT2D eigenvalue weighted by molar-refractivity contribution is -0.114. The molecule has 1 aliphatic rings. The van der Waals surface area contributed by atoms with Crippen LogP contribution in [0.4, 0.5) is 5.69 Å². The lowest BCUT2D eigenvalue weighted by Gasteiger charge is -2.26. The third-order valence-electron chi connectivity index (χ3n) is 3.43.